The zero-order chi connectivity index (χ0) is 16.8. The summed E-state index contributed by atoms with van der Waals surface area (Å²) in [4.78, 5) is 26.0. The summed E-state index contributed by atoms with van der Waals surface area (Å²) in [5, 5.41) is 5.69. The average Bonchev–Trinajstić information content (AvgIpc) is 2.61. The van der Waals surface area contributed by atoms with Crippen LogP contribution in [0.5, 0.6) is 0 Å². The lowest BCUT2D eigenvalue weighted by Crippen LogP contribution is -2.43. The van der Waals surface area contributed by atoms with Gasteiger partial charge in [0.1, 0.15) is 0 Å². The monoisotopic (exact) mass is 317 g/mol. The molecule has 1 saturated heterocycles. The summed E-state index contributed by atoms with van der Waals surface area (Å²) in [5.41, 5.74) is 1.83. The SMILES string of the molecule is CC[C@@H](C)NC(=O)c1cccc([C@@H]2CCCN(C(=O)NC)C2)c1. The van der Waals surface area contributed by atoms with Gasteiger partial charge < -0.3 is 15.5 Å². The third-order valence-corrected chi connectivity index (χ3v) is 4.53. The molecule has 2 atom stereocenters. The van der Waals surface area contributed by atoms with Gasteiger partial charge in [0.2, 0.25) is 0 Å². The van der Waals surface area contributed by atoms with E-state index in [4.69, 9.17) is 0 Å². The van der Waals surface area contributed by atoms with Crippen LogP contribution >= 0.6 is 0 Å². The second kappa shape index (κ2) is 7.99. The molecule has 1 fully saturated rings. The lowest BCUT2D eigenvalue weighted by atomic mass is 9.89. The fraction of sp³-hybridized carbons (Fsp3) is 0.556. The summed E-state index contributed by atoms with van der Waals surface area (Å²) in [6.07, 6.45) is 2.94. The second-order valence-electron chi connectivity index (χ2n) is 6.25. The average molecular weight is 317 g/mol. The van der Waals surface area contributed by atoms with E-state index in [2.05, 4.69) is 23.6 Å². The van der Waals surface area contributed by atoms with Crippen LogP contribution in [0.3, 0.4) is 0 Å². The Hall–Kier alpha value is -2.04. The fourth-order valence-electron chi connectivity index (χ4n) is 2.93. The number of hydrogen-bond donors (Lipinski definition) is 2. The van der Waals surface area contributed by atoms with Crippen molar-refractivity contribution in [1.82, 2.24) is 15.5 Å². The lowest BCUT2D eigenvalue weighted by Gasteiger charge is -2.32. The molecule has 2 N–H and O–H groups in total. The Balaban J connectivity index is 2.09. The largest absolute Gasteiger partial charge is 0.350 e. The van der Waals surface area contributed by atoms with Gasteiger partial charge in [-0.25, -0.2) is 4.79 Å². The highest BCUT2D eigenvalue weighted by atomic mass is 16.2. The first-order chi connectivity index (χ1) is 11.0. The maximum absolute atomic E-state index is 12.3. The number of likely N-dealkylation sites (tertiary alicyclic amines) is 1. The summed E-state index contributed by atoms with van der Waals surface area (Å²) >= 11 is 0. The van der Waals surface area contributed by atoms with Crippen LogP contribution in [0.4, 0.5) is 4.79 Å². The Morgan fingerprint density at radius 2 is 2.17 bits per heavy atom. The molecule has 3 amide bonds. The van der Waals surface area contributed by atoms with Gasteiger partial charge in [-0.1, -0.05) is 19.1 Å². The van der Waals surface area contributed by atoms with Crippen LogP contribution in [-0.4, -0.2) is 43.0 Å². The Morgan fingerprint density at radius 3 is 2.87 bits per heavy atom. The minimum absolute atomic E-state index is 0.0274. The van der Waals surface area contributed by atoms with E-state index in [1.807, 2.05) is 30.0 Å². The molecule has 0 saturated carbocycles. The number of amides is 3. The predicted molar refractivity (Wildman–Crippen MR) is 91.7 cm³/mol. The topological polar surface area (TPSA) is 61.4 Å². The molecule has 5 heteroatoms. The molecule has 0 unspecified atom stereocenters. The van der Waals surface area contributed by atoms with E-state index in [1.165, 1.54) is 0 Å². The number of rotatable bonds is 4. The Kier molecular flexibility index (Phi) is 6.02. The van der Waals surface area contributed by atoms with Gasteiger partial charge >= 0.3 is 6.03 Å². The zero-order valence-electron chi connectivity index (χ0n) is 14.3. The molecule has 126 valence electrons. The molecule has 5 nitrogen and oxygen atoms in total. The van der Waals surface area contributed by atoms with Gasteiger partial charge in [-0.3, -0.25) is 4.79 Å². The highest BCUT2D eigenvalue weighted by Crippen LogP contribution is 2.27. The van der Waals surface area contributed by atoms with Gasteiger partial charge in [0.25, 0.3) is 5.91 Å². The number of carbonyl (C=O) groups excluding carboxylic acids is 2. The minimum atomic E-state index is -0.0276. The molecule has 1 aliphatic rings. The molecule has 0 aromatic heterocycles. The van der Waals surface area contributed by atoms with Crippen molar-refractivity contribution in [2.24, 2.45) is 0 Å². The summed E-state index contributed by atoms with van der Waals surface area (Å²) in [7, 11) is 1.66. The van der Waals surface area contributed by atoms with Crippen molar-refractivity contribution in [3.63, 3.8) is 0 Å². The summed E-state index contributed by atoms with van der Waals surface area (Å²) in [6.45, 7) is 5.56. The lowest BCUT2D eigenvalue weighted by molar-refractivity contribution is 0.0939. The van der Waals surface area contributed by atoms with Gasteiger partial charge in [-0.15, -0.1) is 0 Å². The molecule has 2 rings (SSSR count). The number of benzene rings is 1. The van der Waals surface area contributed by atoms with Crippen molar-refractivity contribution < 1.29 is 9.59 Å². The van der Waals surface area contributed by atoms with E-state index in [1.54, 1.807) is 7.05 Å². The smallest absolute Gasteiger partial charge is 0.317 e. The normalized spacial score (nSPS) is 19.1. The highest BCUT2D eigenvalue weighted by molar-refractivity contribution is 5.94. The molecule has 1 aromatic rings. The van der Waals surface area contributed by atoms with Gasteiger partial charge in [-0.2, -0.15) is 0 Å². The van der Waals surface area contributed by atoms with E-state index in [0.717, 1.165) is 31.4 Å². The Bertz CT molecular complexity index is 559. The van der Waals surface area contributed by atoms with Crippen molar-refractivity contribution >= 4 is 11.9 Å². The number of nitrogens with one attached hydrogen (secondary N) is 2. The van der Waals surface area contributed by atoms with Crippen LogP contribution in [0.2, 0.25) is 0 Å². The van der Waals surface area contributed by atoms with Crippen LogP contribution in [0, 0.1) is 0 Å². The summed E-state index contributed by atoms with van der Waals surface area (Å²) < 4.78 is 0. The van der Waals surface area contributed by atoms with E-state index < -0.39 is 0 Å². The number of hydrogen-bond acceptors (Lipinski definition) is 2. The highest BCUT2D eigenvalue weighted by Gasteiger charge is 2.24. The molecule has 1 aliphatic heterocycles. The van der Waals surface area contributed by atoms with E-state index in [-0.39, 0.29) is 23.9 Å². The van der Waals surface area contributed by atoms with Crippen LogP contribution in [0.1, 0.15) is 54.9 Å². The van der Waals surface area contributed by atoms with Gasteiger partial charge in [0.15, 0.2) is 0 Å². The first kappa shape index (κ1) is 17.3. The molecule has 0 bridgehead atoms. The maximum atomic E-state index is 12.3. The van der Waals surface area contributed by atoms with Crippen molar-refractivity contribution in [1.29, 1.82) is 0 Å². The van der Waals surface area contributed by atoms with Crippen molar-refractivity contribution in [2.75, 3.05) is 20.1 Å². The standard InChI is InChI=1S/C18H27N3O2/c1-4-13(2)20-17(22)15-8-5-7-14(11-15)16-9-6-10-21(12-16)18(23)19-3/h5,7-8,11,13,16H,4,6,9-10,12H2,1-3H3,(H,19,23)(H,20,22)/t13-,16-/m1/s1. The molecule has 23 heavy (non-hydrogen) atoms. The van der Waals surface area contributed by atoms with Gasteiger partial charge in [0.05, 0.1) is 0 Å². The van der Waals surface area contributed by atoms with E-state index in [9.17, 15) is 9.59 Å². The molecule has 1 heterocycles. The first-order valence-corrected chi connectivity index (χ1v) is 8.42. The molecule has 0 radical (unpaired) electrons. The molecule has 1 aromatic carbocycles. The summed E-state index contributed by atoms with van der Waals surface area (Å²) in [6, 6.07) is 7.94. The van der Waals surface area contributed by atoms with Crippen LogP contribution in [0.25, 0.3) is 0 Å². The molecule has 0 spiro atoms. The van der Waals surface area contributed by atoms with Crippen LogP contribution in [0.15, 0.2) is 24.3 Å². The van der Waals surface area contributed by atoms with Gasteiger partial charge in [0, 0.05) is 37.7 Å². The quantitative estimate of drug-likeness (QED) is 0.897. The third-order valence-electron chi connectivity index (χ3n) is 4.53. The van der Waals surface area contributed by atoms with Crippen LogP contribution < -0.4 is 10.6 Å². The predicted octanol–water partition coefficient (Wildman–Crippen LogP) is 2.73. The van der Waals surface area contributed by atoms with Crippen molar-refractivity contribution in [3.8, 4) is 0 Å². The third kappa shape index (κ3) is 4.47. The van der Waals surface area contributed by atoms with Crippen LogP contribution in [-0.2, 0) is 0 Å². The zero-order valence-corrected chi connectivity index (χ0v) is 14.3. The molecular weight excluding hydrogens is 290 g/mol. The second-order valence-corrected chi connectivity index (χ2v) is 6.25. The maximum Gasteiger partial charge on any atom is 0.317 e. The Labute approximate surface area is 138 Å². The van der Waals surface area contributed by atoms with E-state index in [0.29, 0.717) is 12.1 Å². The number of carbonyl (C=O) groups is 2. The van der Waals surface area contributed by atoms with Gasteiger partial charge in [-0.05, 0) is 43.9 Å². The fourth-order valence-corrected chi connectivity index (χ4v) is 2.93. The molecular formula is C18H27N3O2. The number of urea groups is 1. The van der Waals surface area contributed by atoms with Crippen molar-refractivity contribution in [2.45, 2.75) is 45.1 Å². The minimum Gasteiger partial charge on any atom is -0.350 e. The first-order valence-electron chi connectivity index (χ1n) is 8.42. The van der Waals surface area contributed by atoms with Crippen molar-refractivity contribution in [3.05, 3.63) is 35.4 Å². The molecule has 0 aliphatic carbocycles. The number of nitrogens with zero attached hydrogens (tertiary/aromatic N) is 1. The Morgan fingerprint density at radius 1 is 1.39 bits per heavy atom. The number of piperidine rings is 1. The van der Waals surface area contributed by atoms with E-state index >= 15 is 0 Å². The summed E-state index contributed by atoms with van der Waals surface area (Å²) in [5.74, 6) is 0.262.